The molecule has 2 N–H and O–H groups in total. The molecule has 0 spiro atoms. The van der Waals surface area contributed by atoms with Gasteiger partial charge in [-0.3, -0.25) is 4.99 Å². The molecule has 0 unspecified atom stereocenters. The van der Waals surface area contributed by atoms with Crippen molar-refractivity contribution in [1.82, 2.24) is 15.6 Å². The first-order valence-corrected chi connectivity index (χ1v) is 10.1. The average molecular weight is 522 g/mol. The van der Waals surface area contributed by atoms with Gasteiger partial charge in [0.25, 0.3) is 0 Å². The van der Waals surface area contributed by atoms with E-state index in [1.807, 2.05) is 37.3 Å². The van der Waals surface area contributed by atoms with Crippen molar-refractivity contribution in [2.45, 2.75) is 33.5 Å². The van der Waals surface area contributed by atoms with Crippen molar-refractivity contribution in [3.8, 4) is 5.75 Å². The molecule has 1 heterocycles. The summed E-state index contributed by atoms with van der Waals surface area (Å²) in [5.41, 5.74) is 3.43. The molecular formula is C22H27IN4OS. The van der Waals surface area contributed by atoms with E-state index in [4.69, 9.17) is 4.74 Å². The maximum absolute atomic E-state index is 5.78. The van der Waals surface area contributed by atoms with Crippen molar-refractivity contribution in [1.29, 1.82) is 0 Å². The van der Waals surface area contributed by atoms with E-state index in [0.717, 1.165) is 28.0 Å². The quantitative estimate of drug-likeness (QED) is 0.266. The van der Waals surface area contributed by atoms with Gasteiger partial charge in [-0.2, -0.15) is 0 Å². The number of benzene rings is 2. The highest BCUT2D eigenvalue weighted by molar-refractivity contribution is 14.0. The molecule has 0 aliphatic heterocycles. The number of hydrogen-bond donors (Lipinski definition) is 2. The fraction of sp³-hybridized carbons (Fsp3) is 0.273. The first kappa shape index (κ1) is 23.2. The van der Waals surface area contributed by atoms with Gasteiger partial charge in [0.15, 0.2) is 5.96 Å². The van der Waals surface area contributed by atoms with Gasteiger partial charge in [-0.1, -0.05) is 42.5 Å². The van der Waals surface area contributed by atoms with Gasteiger partial charge in [0.2, 0.25) is 0 Å². The van der Waals surface area contributed by atoms with E-state index >= 15 is 0 Å². The third kappa shape index (κ3) is 7.32. The van der Waals surface area contributed by atoms with Gasteiger partial charge in [-0.15, -0.1) is 35.3 Å². The molecule has 1 aromatic heterocycles. The number of aromatic nitrogens is 1. The summed E-state index contributed by atoms with van der Waals surface area (Å²) in [5, 5.41) is 7.72. The summed E-state index contributed by atoms with van der Waals surface area (Å²) in [6, 6.07) is 18.3. The lowest BCUT2D eigenvalue weighted by Crippen LogP contribution is -2.36. The van der Waals surface area contributed by atoms with Gasteiger partial charge in [0.05, 0.1) is 12.2 Å². The standard InChI is InChI=1S/C22H26N4OS.HI/c1-16-17(2)28-21(26-16)14-25-22(23-3)24-13-18-9-11-19(12-10-18)15-27-20-7-5-4-6-8-20;/h4-12H,13-15H2,1-3H3,(H2,23,24,25);1H. The summed E-state index contributed by atoms with van der Waals surface area (Å²) in [5.74, 6) is 1.65. The van der Waals surface area contributed by atoms with Crippen LogP contribution in [0.4, 0.5) is 0 Å². The lowest BCUT2D eigenvalue weighted by Gasteiger charge is -2.11. The van der Waals surface area contributed by atoms with Crippen LogP contribution in [0.15, 0.2) is 59.6 Å². The maximum Gasteiger partial charge on any atom is 0.191 e. The van der Waals surface area contributed by atoms with Crippen LogP contribution in [0.2, 0.25) is 0 Å². The molecule has 154 valence electrons. The first-order valence-electron chi connectivity index (χ1n) is 9.27. The van der Waals surface area contributed by atoms with Crippen LogP contribution < -0.4 is 15.4 Å². The molecule has 0 radical (unpaired) electrons. The highest BCUT2D eigenvalue weighted by atomic mass is 127. The zero-order chi connectivity index (χ0) is 19.8. The second-order valence-corrected chi connectivity index (χ2v) is 7.73. The number of thiazole rings is 1. The van der Waals surface area contributed by atoms with Crippen LogP contribution in [0.25, 0.3) is 0 Å². The number of hydrogen-bond acceptors (Lipinski definition) is 4. The van der Waals surface area contributed by atoms with Crippen LogP contribution in [0.1, 0.15) is 26.7 Å². The Balaban J connectivity index is 0.00000300. The topological polar surface area (TPSA) is 58.5 Å². The predicted molar refractivity (Wildman–Crippen MR) is 131 cm³/mol. The molecule has 0 aliphatic rings. The van der Waals surface area contributed by atoms with Crippen molar-refractivity contribution >= 4 is 41.3 Å². The number of nitrogens with one attached hydrogen (secondary N) is 2. The number of guanidine groups is 1. The van der Waals surface area contributed by atoms with Gasteiger partial charge in [-0.25, -0.2) is 4.98 Å². The van der Waals surface area contributed by atoms with E-state index in [2.05, 4.69) is 51.8 Å². The van der Waals surface area contributed by atoms with Crippen molar-refractivity contribution in [3.63, 3.8) is 0 Å². The van der Waals surface area contributed by atoms with E-state index in [-0.39, 0.29) is 24.0 Å². The first-order chi connectivity index (χ1) is 13.6. The van der Waals surface area contributed by atoms with Crippen LogP contribution >= 0.6 is 35.3 Å². The van der Waals surface area contributed by atoms with Gasteiger partial charge in [0, 0.05) is 18.5 Å². The highest BCUT2D eigenvalue weighted by Gasteiger charge is 2.05. The van der Waals surface area contributed by atoms with E-state index in [0.29, 0.717) is 19.7 Å². The Morgan fingerprint density at radius 3 is 2.24 bits per heavy atom. The van der Waals surface area contributed by atoms with Gasteiger partial charge in [-0.05, 0) is 37.1 Å². The number of aliphatic imine (C=N–C) groups is 1. The Hall–Kier alpha value is -2.13. The molecule has 0 fully saturated rings. The summed E-state index contributed by atoms with van der Waals surface area (Å²) in [7, 11) is 1.78. The Morgan fingerprint density at radius 1 is 0.966 bits per heavy atom. The SMILES string of the molecule is CN=C(NCc1ccc(COc2ccccc2)cc1)NCc1nc(C)c(C)s1.I. The minimum absolute atomic E-state index is 0. The van der Waals surface area contributed by atoms with Crippen LogP contribution in [0, 0.1) is 13.8 Å². The zero-order valence-corrected chi connectivity index (χ0v) is 20.1. The number of aryl methyl sites for hydroxylation is 2. The fourth-order valence-electron chi connectivity index (χ4n) is 2.62. The van der Waals surface area contributed by atoms with Crippen LogP contribution in [0.5, 0.6) is 5.75 Å². The highest BCUT2D eigenvalue weighted by Crippen LogP contribution is 2.16. The van der Waals surface area contributed by atoms with Crippen molar-refractivity contribution < 1.29 is 4.74 Å². The van der Waals surface area contributed by atoms with E-state index in [9.17, 15) is 0 Å². The smallest absolute Gasteiger partial charge is 0.191 e. The summed E-state index contributed by atoms with van der Waals surface area (Å²) in [6.45, 7) is 6.08. The Bertz CT molecular complexity index is 891. The molecule has 0 saturated carbocycles. The summed E-state index contributed by atoms with van der Waals surface area (Å²) < 4.78 is 5.78. The monoisotopic (exact) mass is 522 g/mol. The van der Waals surface area contributed by atoms with E-state index < -0.39 is 0 Å². The average Bonchev–Trinajstić information content (AvgIpc) is 3.05. The fourth-order valence-corrected chi connectivity index (χ4v) is 3.49. The van der Waals surface area contributed by atoms with Crippen molar-refractivity contribution in [2.75, 3.05) is 7.05 Å². The molecule has 3 aromatic rings. The molecule has 5 nitrogen and oxygen atoms in total. The minimum Gasteiger partial charge on any atom is -0.489 e. The number of rotatable bonds is 7. The molecule has 7 heteroatoms. The van der Waals surface area contributed by atoms with Crippen LogP contribution in [0.3, 0.4) is 0 Å². The zero-order valence-electron chi connectivity index (χ0n) is 16.9. The molecule has 0 aliphatic carbocycles. The predicted octanol–water partition coefficient (Wildman–Crippen LogP) is 4.82. The molecule has 0 saturated heterocycles. The third-order valence-corrected chi connectivity index (χ3v) is 5.41. The molecule has 0 amide bonds. The van der Waals surface area contributed by atoms with E-state index in [1.54, 1.807) is 18.4 Å². The van der Waals surface area contributed by atoms with Gasteiger partial charge >= 0.3 is 0 Å². The lowest BCUT2D eigenvalue weighted by molar-refractivity contribution is 0.306. The van der Waals surface area contributed by atoms with Crippen molar-refractivity contribution in [2.24, 2.45) is 4.99 Å². The summed E-state index contributed by atoms with van der Waals surface area (Å²) in [4.78, 5) is 10.1. The Labute approximate surface area is 193 Å². The molecule has 0 bridgehead atoms. The maximum atomic E-state index is 5.78. The normalized spacial score (nSPS) is 10.9. The number of para-hydroxylation sites is 1. The molecule has 0 atom stereocenters. The number of ether oxygens (including phenoxy) is 1. The Kier molecular flexibility index (Phi) is 9.40. The summed E-state index contributed by atoms with van der Waals surface area (Å²) >= 11 is 1.72. The number of nitrogens with zero attached hydrogens (tertiary/aromatic N) is 2. The largest absolute Gasteiger partial charge is 0.489 e. The van der Waals surface area contributed by atoms with Crippen molar-refractivity contribution in [3.05, 3.63) is 81.3 Å². The minimum atomic E-state index is 0. The van der Waals surface area contributed by atoms with Gasteiger partial charge < -0.3 is 15.4 Å². The van der Waals surface area contributed by atoms with E-state index in [1.165, 1.54) is 10.4 Å². The lowest BCUT2D eigenvalue weighted by atomic mass is 10.1. The molecule has 2 aromatic carbocycles. The second-order valence-electron chi connectivity index (χ2n) is 6.45. The third-order valence-electron chi connectivity index (χ3n) is 4.34. The number of halogens is 1. The van der Waals surface area contributed by atoms with Crippen LogP contribution in [-0.2, 0) is 19.7 Å². The second kappa shape index (κ2) is 11.8. The van der Waals surface area contributed by atoms with Crippen LogP contribution in [-0.4, -0.2) is 18.0 Å². The molecule has 3 rings (SSSR count). The summed E-state index contributed by atoms with van der Waals surface area (Å²) in [6.07, 6.45) is 0. The molecular weight excluding hydrogens is 495 g/mol. The Morgan fingerprint density at radius 2 is 1.62 bits per heavy atom. The van der Waals surface area contributed by atoms with Gasteiger partial charge in [0.1, 0.15) is 17.4 Å². The molecule has 29 heavy (non-hydrogen) atoms.